The van der Waals surface area contributed by atoms with E-state index >= 15 is 0 Å². The van der Waals surface area contributed by atoms with E-state index in [1.165, 1.54) is 0 Å². The Morgan fingerprint density at radius 3 is 2.56 bits per heavy atom. The van der Waals surface area contributed by atoms with E-state index in [1.807, 2.05) is 24.1 Å². The SMILES string of the molecule is CN1C(=O)C=C[C@@]2(C)C1CC[C@@H]1[C@H]2CC[C@]2(C)C(C(=O)Nc3ccc(C#N)cc3)CC[C@@H]12. The van der Waals surface area contributed by atoms with Crippen molar-refractivity contribution in [3.05, 3.63) is 42.0 Å². The van der Waals surface area contributed by atoms with Crippen molar-refractivity contribution < 1.29 is 9.59 Å². The third-order valence-corrected chi connectivity index (χ3v) is 9.73. The lowest BCUT2D eigenvalue weighted by Gasteiger charge is -2.60. The van der Waals surface area contributed by atoms with Crippen molar-refractivity contribution in [2.24, 2.45) is 34.5 Å². The van der Waals surface area contributed by atoms with Crippen LogP contribution in [0.3, 0.4) is 0 Å². The van der Waals surface area contributed by atoms with E-state index in [1.54, 1.807) is 18.2 Å². The summed E-state index contributed by atoms with van der Waals surface area (Å²) in [7, 11) is 1.96. The summed E-state index contributed by atoms with van der Waals surface area (Å²) >= 11 is 0. The molecule has 3 aliphatic carbocycles. The van der Waals surface area contributed by atoms with Crippen molar-refractivity contribution in [1.82, 2.24) is 4.90 Å². The Morgan fingerprint density at radius 1 is 1.09 bits per heavy atom. The zero-order chi connectivity index (χ0) is 22.7. The van der Waals surface area contributed by atoms with Crippen LogP contribution in [0.4, 0.5) is 5.69 Å². The fourth-order valence-corrected chi connectivity index (χ4v) is 8.03. The summed E-state index contributed by atoms with van der Waals surface area (Å²) < 4.78 is 0. The average Bonchev–Trinajstić information content (AvgIpc) is 3.14. The molecular formula is C27H33N3O2. The molecule has 1 N–H and O–H groups in total. The van der Waals surface area contributed by atoms with E-state index in [0.717, 1.165) is 44.2 Å². The molecule has 32 heavy (non-hydrogen) atoms. The number of carbonyl (C=O) groups excluding carboxylic acids is 2. The number of carbonyl (C=O) groups is 2. The van der Waals surface area contributed by atoms with Crippen LogP contribution in [-0.4, -0.2) is 29.8 Å². The molecule has 0 spiro atoms. The number of benzene rings is 1. The highest BCUT2D eigenvalue weighted by atomic mass is 16.2. The molecule has 1 aromatic rings. The minimum Gasteiger partial charge on any atom is -0.338 e. The molecule has 5 rings (SSSR count). The van der Waals surface area contributed by atoms with Gasteiger partial charge in [0.1, 0.15) is 0 Å². The Labute approximate surface area is 190 Å². The van der Waals surface area contributed by atoms with E-state index in [9.17, 15) is 9.59 Å². The monoisotopic (exact) mass is 431 g/mol. The summed E-state index contributed by atoms with van der Waals surface area (Å²) in [5, 5.41) is 12.1. The molecule has 1 aliphatic heterocycles. The van der Waals surface area contributed by atoms with E-state index < -0.39 is 0 Å². The molecule has 0 saturated heterocycles. The number of anilines is 1. The third kappa shape index (κ3) is 3.03. The largest absolute Gasteiger partial charge is 0.338 e. The Kier molecular flexibility index (Phi) is 4.96. The lowest BCUT2D eigenvalue weighted by atomic mass is 9.47. The van der Waals surface area contributed by atoms with Crippen LogP contribution in [-0.2, 0) is 9.59 Å². The topological polar surface area (TPSA) is 73.2 Å². The predicted molar refractivity (Wildman–Crippen MR) is 123 cm³/mol. The second-order valence-electron chi connectivity index (χ2n) is 11.0. The molecule has 3 saturated carbocycles. The molecule has 0 radical (unpaired) electrons. The van der Waals surface area contributed by atoms with Gasteiger partial charge in [-0.25, -0.2) is 0 Å². The standard InChI is InChI=1S/C27H33N3O2/c1-26-14-12-21-19(8-11-23-27(21,2)15-13-24(31)30(23)3)20(26)9-10-22(26)25(32)29-18-6-4-17(16-28)5-7-18/h4-7,13,15,19-23H,8-12,14H2,1-3H3,(H,29,32)/t19-,20-,21+,22?,23?,26-,27+/m0/s1. The first-order chi connectivity index (χ1) is 15.3. The lowest BCUT2D eigenvalue weighted by Crippen LogP contribution is -2.59. The summed E-state index contributed by atoms with van der Waals surface area (Å²) in [6.07, 6.45) is 10.5. The summed E-state index contributed by atoms with van der Waals surface area (Å²) in [6.45, 7) is 4.71. The molecule has 3 fully saturated rings. The number of likely N-dealkylation sites (N-methyl/N-ethyl adjacent to an activating group) is 1. The average molecular weight is 432 g/mol. The Hall–Kier alpha value is -2.61. The second kappa shape index (κ2) is 7.47. The zero-order valence-electron chi connectivity index (χ0n) is 19.3. The van der Waals surface area contributed by atoms with Gasteiger partial charge >= 0.3 is 0 Å². The summed E-state index contributed by atoms with van der Waals surface area (Å²) in [6, 6.07) is 9.55. The van der Waals surface area contributed by atoms with E-state index in [-0.39, 0.29) is 28.6 Å². The van der Waals surface area contributed by atoms with Crippen LogP contribution in [0, 0.1) is 45.8 Å². The molecular weight excluding hydrogens is 398 g/mol. The first-order valence-electron chi connectivity index (χ1n) is 12.0. The minimum absolute atomic E-state index is 0.0285. The highest BCUT2D eigenvalue weighted by Gasteiger charge is 2.61. The molecule has 2 amide bonds. The number of hydrogen-bond acceptors (Lipinski definition) is 3. The highest BCUT2D eigenvalue weighted by Crippen LogP contribution is 2.65. The van der Waals surface area contributed by atoms with Gasteiger partial charge in [-0.2, -0.15) is 5.26 Å². The Bertz CT molecular complexity index is 1010. The van der Waals surface area contributed by atoms with Gasteiger partial charge in [-0.1, -0.05) is 19.9 Å². The van der Waals surface area contributed by atoms with Crippen LogP contribution in [0.15, 0.2) is 36.4 Å². The van der Waals surface area contributed by atoms with Crippen molar-refractivity contribution in [2.75, 3.05) is 12.4 Å². The van der Waals surface area contributed by atoms with Gasteiger partial charge in [0.2, 0.25) is 11.8 Å². The molecule has 2 unspecified atom stereocenters. The van der Waals surface area contributed by atoms with Crippen molar-refractivity contribution in [3.63, 3.8) is 0 Å². The van der Waals surface area contributed by atoms with Crippen LogP contribution in [0.2, 0.25) is 0 Å². The molecule has 1 aromatic carbocycles. The highest BCUT2D eigenvalue weighted by molar-refractivity contribution is 5.93. The van der Waals surface area contributed by atoms with Gasteiger partial charge in [0.05, 0.1) is 11.6 Å². The maximum atomic E-state index is 13.3. The van der Waals surface area contributed by atoms with Crippen molar-refractivity contribution in [3.8, 4) is 6.07 Å². The maximum Gasteiger partial charge on any atom is 0.246 e. The maximum absolute atomic E-state index is 13.3. The van der Waals surface area contributed by atoms with Crippen molar-refractivity contribution in [1.29, 1.82) is 5.26 Å². The zero-order valence-corrected chi connectivity index (χ0v) is 19.3. The Morgan fingerprint density at radius 2 is 1.84 bits per heavy atom. The normalized spacial score (nSPS) is 40.1. The van der Waals surface area contributed by atoms with Crippen LogP contribution in [0.5, 0.6) is 0 Å². The molecule has 7 atom stereocenters. The third-order valence-electron chi connectivity index (χ3n) is 9.73. The van der Waals surface area contributed by atoms with Gasteiger partial charge < -0.3 is 10.2 Å². The lowest BCUT2D eigenvalue weighted by molar-refractivity contribution is -0.141. The van der Waals surface area contributed by atoms with Crippen LogP contribution >= 0.6 is 0 Å². The van der Waals surface area contributed by atoms with Crippen molar-refractivity contribution in [2.45, 2.75) is 58.4 Å². The fraction of sp³-hybridized carbons (Fsp3) is 0.593. The smallest absolute Gasteiger partial charge is 0.246 e. The molecule has 0 bridgehead atoms. The van der Waals surface area contributed by atoms with Crippen LogP contribution < -0.4 is 5.32 Å². The molecule has 5 nitrogen and oxygen atoms in total. The number of fused-ring (bicyclic) bond motifs is 5. The number of rotatable bonds is 2. The quantitative estimate of drug-likeness (QED) is 0.734. The van der Waals surface area contributed by atoms with Gasteiger partial charge in [0, 0.05) is 30.1 Å². The first kappa shape index (κ1) is 21.2. The Balaban J connectivity index is 1.36. The van der Waals surface area contributed by atoms with E-state index in [4.69, 9.17) is 5.26 Å². The predicted octanol–water partition coefficient (Wildman–Crippen LogP) is 4.75. The summed E-state index contributed by atoms with van der Waals surface area (Å²) in [5.41, 5.74) is 1.43. The number of nitrogens with one attached hydrogen (secondary N) is 1. The van der Waals surface area contributed by atoms with Gasteiger partial charge in [0.15, 0.2) is 0 Å². The van der Waals surface area contributed by atoms with Crippen molar-refractivity contribution >= 4 is 17.5 Å². The molecule has 0 aromatic heterocycles. The number of nitrogens with zero attached hydrogens (tertiary/aromatic N) is 2. The second-order valence-corrected chi connectivity index (χ2v) is 11.0. The molecule has 168 valence electrons. The van der Waals surface area contributed by atoms with Crippen LogP contribution in [0.1, 0.15) is 57.9 Å². The first-order valence-corrected chi connectivity index (χ1v) is 12.0. The van der Waals surface area contributed by atoms with Gasteiger partial charge in [-0.3, -0.25) is 9.59 Å². The van der Waals surface area contributed by atoms with Gasteiger partial charge in [0.25, 0.3) is 0 Å². The van der Waals surface area contributed by atoms with Gasteiger partial charge in [-0.05, 0) is 92.0 Å². The van der Waals surface area contributed by atoms with Crippen LogP contribution in [0.25, 0.3) is 0 Å². The molecule has 5 heteroatoms. The number of hydrogen-bond donors (Lipinski definition) is 1. The number of amides is 2. The number of nitriles is 1. The summed E-state index contributed by atoms with van der Waals surface area (Å²) in [4.78, 5) is 27.6. The van der Waals surface area contributed by atoms with E-state index in [0.29, 0.717) is 29.4 Å². The van der Waals surface area contributed by atoms with Gasteiger partial charge in [-0.15, -0.1) is 0 Å². The minimum atomic E-state index is 0.0285. The summed E-state index contributed by atoms with van der Waals surface area (Å²) in [5.74, 6) is 2.04. The molecule has 1 heterocycles. The fourth-order valence-electron chi connectivity index (χ4n) is 8.03. The molecule has 4 aliphatic rings. The van der Waals surface area contributed by atoms with E-state index in [2.05, 4.69) is 31.3 Å².